The molecule has 0 saturated carbocycles. The number of carbonyl (C=O) groups is 1. The lowest BCUT2D eigenvalue weighted by molar-refractivity contribution is 0.0139. The Morgan fingerprint density at radius 1 is 1.19 bits per heavy atom. The van der Waals surface area contributed by atoms with E-state index < -0.39 is 15.6 Å². The van der Waals surface area contributed by atoms with Crippen molar-refractivity contribution in [2.24, 2.45) is 0 Å². The minimum Gasteiger partial charge on any atom is -0.444 e. The first kappa shape index (κ1) is 24.1. The molecule has 1 aromatic carbocycles. The number of benzene rings is 1. The van der Waals surface area contributed by atoms with Crippen molar-refractivity contribution in [1.29, 1.82) is 0 Å². The van der Waals surface area contributed by atoms with Crippen LogP contribution in [-0.4, -0.2) is 81.5 Å². The maximum absolute atomic E-state index is 12.3. The van der Waals surface area contributed by atoms with Crippen molar-refractivity contribution in [3.63, 3.8) is 0 Å². The second-order valence-corrected chi connectivity index (χ2v) is 11.6. The molecule has 8 nitrogen and oxygen atoms in total. The molecule has 1 amide bonds. The van der Waals surface area contributed by atoms with Gasteiger partial charge in [0.25, 0.3) is 0 Å². The molecule has 0 aromatic heterocycles. The fourth-order valence-electron chi connectivity index (χ4n) is 4.00. The smallest absolute Gasteiger partial charge is 0.410 e. The summed E-state index contributed by atoms with van der Waals surface area (Å²) < 4.78 is 31.3. The van der Waals surface area contributed by atoms with Crippen LogP contribution in [0.15, 0.2) is 18.2 Å². The number of hydrogen-bond acceptors (Lipinski definition) is 6. The van der Waals surface area contributed by atoms with Crippen molar-refractivity contribution in [1.82, 2.24) is 14.5 Å². The van der Waals surface area contributed by atoms with E-state index in [-0.39, 0.29) is 12.1 Å². The number of nitrogens with zero attached hydrogens (tertiary/aromatic N) is 3. The van der Waals surface area contributed by atoms with E-state index >= 15 is 0 Å². The number of hydrogen-bond donors (Lipinski definition) is 1. The van der Waals surface area contributed by atoms with Crippen LogP contribution in [0.1, 0.15) is 32.8 Å². The third kappa shape index (κ3) is 7.24. The maximum atomic E-state index is 12.3. The van der Waals surface area contributed by atoms with Crippen molar-refractivity contribution < 1.29 is 17.9 Å². The Morgan fingerprint density at radius 2 is 1.87 bits per heavy atom. The van der Waals surface area contributed by atoms with Gasteiger partial charge < -0.3 is 14.5 Å². The number of nitrogens with one attached hydrogen (secondary N) is 1. The Bertz CT molecular complexity index is 895. The molecule has 2 aliphatic heterocycles. The van der Waals surface area contributed by atoms with Gasteiger partial charge in [-0.15, -0.1) is 0 Å². The average molecular weight is 473 g/mol. The Labute approximate surface area is 190 Å². The number of amides is 1. The van der Waals surface area contributed by atoms with Gasteiger partial charge in [-0.25, -0.2) is 17.9 Å². The lowest BCUT2D eigenvalue weighted by Gasteiger charge is -2.36. The Hall–Kier alpha value is -1.55. The third-order valence-corrected chi connectivity index (χ3v) is 6.37. The first-order chi connectivity index (χ1) is 14.4. The predicted octanol–water partition coefficient (Wildman–Crippen LogP) is 2.52. The second-order valence-electron chi connectivity index (χ2n) is 9.34. The predicted molar refractivity (Wildman–Crippen MR) is 123 cm³/mol. The number of anilines is 1. The lowest BCUT2D eigenvalue weighted by Crippen LogP contribution is -2.49. The van der Waals surface area contributed by atoms with Crippen LogP contribution in [0.25, 0.3) is 0 Å². The summed E-state index contributed by atoms with van der Waals surface area (Å²) in [4.78, 5) is 18.6. The fourth-order valence-corrected chi connectivity index (χ4v) is 4.96. The molecule has 10 heteroatoms. The van der Waals surface area contributed by atoms with Crippen molar-refractivity contribution in [2.45, 2.75) is 45.4 Å². The summed E-state index contributed by atoms with van der Waals surface area (Å²) >= 11 is 6.28. The summed E-state index contributed by atoms with van der Waals surface area (Å²) in [6.45, 7) is 10.5. The highest BCUT2D eigenvalue weighted by Gasteiger charge is 2.29. The topological polar surface area (TPSA) is 82.2 Å². The molecular weight excluding hydrogens is 440 g/mol. The van der Waals surface area contributed by atoms with Crippen LogP contribution in [-0.2, 0) is 21.3 Å². The van der Waals surface area contributed by atoms with E-state index in [1.165, 1.54) is 6.26 Å². The van der Waals surface area contributed by atoms with Crippen LogP contribution >= 0.6 is 11.6 Å². The van der Waals surface area contributed by atoms with Gasteiger partial charge in [0, 0.05) is 62.6 Å². The highest BCUT2D eigenvalue weighted by molar-refractivity contribution is 7.88. The van der Waals surface area contributed by atoms with Crippen LogP contribution in [0.4, 0.5) is 10.5 Å². The van der Waals surface area contributed by atoms with Crippen LogP contribution in [0.2, 0.25) is 5.02 Å². The van der Waals surface area contributed by atoms with Gasteiger partial charge in [0.05, 0.1) is 6.26 Å². The number of piperazine rings is 1. The molecule has 31 heavy (non-hydrogen) atoms. The largest absolute Gasteiger partial charge is 0.444 e. The molecule has 2 heterocycles. The molecule has 174 valence electrons. The Morgan fingerprint density at radius 3 is 2.48 bits per heavy atom. The molecule has 2 saturated heterocycles. The van der Waals surface area contributed by atoms with E-state index in [9.17, 15) is 13.2 Å². The minimum atomic E-state index is -3.23. The third-order valence-electron chi connectivity index (χ3n) is 5.37. The fraction of sp³-hybridized carbons (Fsp3) is 0.667. The molecule has 3 rings (SSSR count). The number of halogens is 1. The minimum absolute atomic E-state index is 0.0980. The van der Waals surface area contributed by atoms with E-state index in [2.05, 4.69) is 14.5 Å². The van der Waals surface area contributed by atoms with Gasteiger partial charge in [0.15, 0.2) is 0 Å². The monoisotopic (exact) mass is 472 g/mol. The standard InChI is InChI=1S/C21H33ClN4O4S/c1-21(2,3)30-20(27)25-11-9-24(10-12-25)14-16-5-6-17(22)13-19(16)26-8-7-18(15-26)23-31(4,28)29/h5-6,13,18,23H,7-12,14-15H2,1-4H3/t18-/m1/s1. The highest BCUT2D eigenvalue weighted by Crippen LogP contribution is 2.29. The number of rotatable bonds is 5. The van der Waals surface area contributed by atoms with Crippen molar-refractivity contribution in [2.75, 3.05) is 50.4 Å². The highest BCUT2D eigenvalue weighted by atomic mass is 35.5. The van der Waals surface area contributed by atoms with Crippen LogP contribution in [0.5, 0.6) is 0 Å². The van der Waals surface area contributed by atoms with Gasteiger partial charge >= 0.3 is 6.09 Å². The zero-order valence-electron chi connectivity index (χ0n) is 18.7. The normalized spacial score (nSPS) is 20.9. The summed E-state index contributed by atoms with van der Waals surface area (Å²) in [6.07, 6.45) is 1.69. The summed E-state index contributed by atoms with van der Waals surface area (Å²) in [6, 6.07) is 5.78. The number of ether oxygens (including phenoxy) is 1. The van der Waals surface area contributed by atoms with Crippen molar-refractivity contribution in [3.8, 4) is 0 Å². The Kier molecular flexibility index (Phi) is 7.40. The molecular formula is C21H33ClN4O4S. The Balaban J connectivity index is 1.61. The molecule has 2 fully saturated rings. The zero-order valence-corrected chi connectivity index (χ0v) is 20.3. The molecule has 0 radical (unpaired) electrons. The van der Waals surface area contributed by atoms with Crippen LogP contribution in [0, 0.1) is 0 Å². The van der Waals surface area contributed by atoms with Gasteiger partial charge in [0.2, 0.25) is 10.0 Å². The van der Waals surface area contributed by atoms with E-state index in [1.807, 2.05) is 39.0 Å². The van der Waals surface area contributed by atoms with Gasteiger partial charge in [-0.3, -0.25) is 4.90 Å². The van der Waals surface area contributed by atoms with E-state index in [0.29, 0.717) is 24.7 Å². The molecule has 0 aliphatic carbocycles. The summed E-state index contributed by atoms with van der Waals surface area (Å²) in [5.74, 6) is 0. The summed E-state index contributed by atoms with van der Waals surface area (Å²) in [5.41, 5.74) is 1.70. The van der Waals surface area contributed by atoms with E-state index in [0.717, 1.165) is 43.9 Å². The van der Waals surface area contributed by atoms with E-state index in [4.69, 9.17) is 16.3 Å². The lowest BCUT2D eigenvalue weighted by atomic mass is 10.1. The SMILES string of the molecule is CC(C)(C)OC(=O)N1CCN(Cc2ccc(Cl)cc2N2CC[C@@H](NS(C)(=O)=O)C2)CC1. The molecule has 0 bridgehead atoms. The van der Waals surface area contributed by atoms with Gasteiger partial charge in [-0.2, -0.15) is 0 Å². The van der Waals surface area contributed by atoms with Gasteiger partial charge in [-0.05, 0) is 44.9 Å². The quantitative estimate of drug-likeness (QED) is 0.709. The number of sulfonamides is 1. The first-order valence-electron chi connectivity index (χ1n) is 10.6. The van der Waals surface area contributed by atoms with E-state index in [1.54, 1.807) is 4.90 Å². The molecule has 2 aliphatic rings. The second kappa shape index (κ2) is 9.52. The zero-order chi connectivity index (χ0) is 22.8. The molecule has 1 N–H and O–H groups in total. The molecule has 0 unspecified atom stereocenters. The molecule has 1 aromatic rings. The van der Waals surface area contributed by atoms with Crippen molar-refractivity contribution in [3.05, 3.63) is 28.8 Å². The van der Waals surface area contributed by atoms with Crippen molar-refractivity contribution >= 4 is 33.4 Å². The number of carbonyl (C=O) groups excluding carboxylic acids is 1. The first-order valence-corrected chi connectivity index (χ1v) is 12.9. The van der Waals surface area contributed by atoms with Gasteiger partial charge in [0.1, 0.15) is 5.60 Å². The molecule has 0 spiro atoms. The molecule has 1 atom stereocenters. The van der Waals surface area contributed by atoms with Crippen LogP contribution < -0.4 is 9.62 Å². The summed E-state index contributed by atoms with van der Waals surface area (Å²) in [7, 11) is -3.23. The maximum Gasteiger partial charge on any atom is 0.410 e. The van der Waals surface area contributed by atoms with Gasteiger partial charge in [-0.1, -0.05) is 17.7 Å². The van der Waals surface area contributed by atoms with Crippen LogP contribution in [0.3, 0.4) is 0 Å². The summed E-state index contributed by atoms with van der Waals surface area (Å²) in [5, 5.41) is 0.660. The average Bonchev–Trinajstić information content (AvgIpc) is 3.08.